The van der Waals surface area contributed by atoms with Crippen LogP contribution in [0, 0.1) is 11.3 Å². The van der Waals surface area contributed by atoms with Crippen molar-refractivity contribution in [2.75, 3.05) is 0 Å². The highest BCUT2D eigenvalue weighted by atomic mass is 16.4. The molecule has 0 aromatic carbocycles. The van der Waals surface area contributed by atoms with Crippen molar-refractivity contribution < 1.29 is 5.21 Å². The highest BCUT2D eigenvalue weighted by molar-refractivity contribution is 5.91. The van der Waals surface area contributed by atoms with Crippen LogP contribution in [-0.4, -0.2) is 10.9 Å². The van der Waals surface area contributed by atoms with Crippen LogP contribution in [0.2, 0.25) is 0 Å². The summed E-state index contributed by atoms with van der Waals surface area (Å²) in [4.78, 5) is 0. The van der Waals surface area contributed by atoms with Crippen molar-refractivity contribution in [3.63, 3.8) is 0 Å². The molecule has 0 bridgehead atoms. The van der Waals surface area contributed by atoms with Crippen molar-refractivity contribution in [3.05, 3.63) is 0 Å². The van der Waals surface area contributed by atoms with Crippen molar-refractivity contribution in [2.24, 2.45) is 16.5 Å². The number of rotatable bonds is 0. The smallest absolute Gasteiger partial charge is 0.0629 e. The highest BCUT2D eigenvalue weighted by Gasteiger charge is 2.37. The number of oxime groups is 1. The molecule has 0 radical (unpaired) electrons. The molecule has 1 fully saturated rings. The summed E-state index contributed by atoms with van der Waals surface area (Å²) in [6.45, 7) is 6.48. The molecule has 2 heteroatoms. The van der Waals surface area contributed by atoms with Crippen LogP contribution in [-0.2, 0) is 0 Å². The lowest BCUT2D eigenvalue weighted by Gasteiger charge is -2.22. The van der Waals surface area contributed by atoms with E-state index in [9.17, 15) is 0 Å². The van der Waals surface area contributed by atoms with Gasteiger partial charge in [0, 0.05) is 5.41 Å². The molecule has 1 unspecified atom stereocenters. The van der Waals surface area contributed by atoms with Crippen LogP contribution >= 0.6 is 0 Å². The lowest BCUT2D eigenvalue weighted by atomic mass is 9.82. The van der Waals surface area contributed by atoms with Crippen molar-refractivity contribution in [2.45, 2.75) is 33.6 Å². The van der Waals surface area contributed by atoms with Crippen LogP contribution in [0.5, 0.6) is 0 Å². The normalized spacial score (nSPS) is 35.1. The van der Waals surface area contributed by atoms with E-state index in [2.05, 4.69) is 25.9 Å². The predicted molar refractivity (Wildman–Crippen MR) is 41.4 cm³/mol. The Morgan fingerprint density at radius 3 is 2.40 bits per heavy atom. The predicted octanol–water partition coefficient (Wildman–Crippen LogP) is 2.27. The van der Waals surface area contributed by atoms with Gasteiger partial charge in [-0.15, -0.1) is 0 Å². The van der Waals surface area contributed by atoms with Crippen LogP contribution in [0.4, 0.5) is 0 Å². The maximum absolute atomic E-state index is 8.61. The molecule has 1 rings (SSSR count). The molecule has 1 aliphatic carbocycles. The molecule has 0 aromatic rings. The molecular weight excluding hydrogens is 126 g/mol. The number of hydrogen-bond donors (Lipinski definition) is 1. The minimum atomic E-state index is 0.120. The third-order valence-corrected chi connectivity index (χ3v) is 2.91. The molecule has 0 amide bonds. The highest BCUT2D eigenvalue weighted by Crippen LogP contribution is 2.39. The maximum atomic E-state index is 8.61. The summed E-state index contributed by atoms with van der Waals surface area (Å²) in [5, 5.41) is 11.9. The Morgan fingerprint density at radius 1 is 1.60 bits per heavy atom. The maximum Gasteiger partial charge on any atom is 0.0629 e. The van der Waals surface area contributed by atoms with E-state index in [0.29, 0.717) is 5.92 Å². The zero-order valence-electron chi connectivity index (χ0n) is 6.89. The number of nitrogens with zero attached hydrogens (tertiary/aromatic N) is 1. The molecule has 58 valence electrons. The Balaban J connectivity index is 2.84. The van der Waals surface area contributed by atoms with Gasteiger partial charge < -0.3 is 5.21 Å². The fourth-order valence-electron chi connectivity index (χ4n) is 1.50. The van der Waals surface area contributed by atoms with Gasteiger partial charge in [0.2, 0.25) is 0 Å². The quantitative estimate of drug-likeness (QED) is 0.407. The van der Waals surface area contributed by atoms with Crippen molar-refractivity contribution in [1.82, 2.24) is 0 Å². The van der Waals surface area contributed by atoms with Crippen LogP contribution in [0.25, 0.3) is 0 Å². The SMILES string of the molecule is CC1CCC(=NO)C1(C)C. The average molecular weight is 141 g/mol. The lowest BCUT2D eigenvalue weighted by molar-refractivity contribution is 0.300. The molecular formula is C8H15NO. The van der Waals surface area contributed by atoms with Gasteiger partial charge in [-0.1, -0.05) is 25.9 Å². The third kappa shape index (κ3) is 0.917. The van der Waals surface area contributed by atoms with Crippen molar-refractivity contribution >= 4 is 5.71 Å². The first-order valence-electron chi connectivity index (χ1n) is 3.80. The van der Waals surface area contributed by atoms with Crippen LogP contribution < -0.4 is 0 Å². The summed E-state index contributed by atoms with van der Waals surface area (Å²) in [7, 11) is 0. The molecule has 1 saturated carbocycles. The monoisotopic (exact) mass is 141 g/mol. The van der Waals surface area contributed by atoms with Crippen molar-refractivity contribution in [1.29, 1.82) is 0 Å². The van der Waals surface area contributed by atoms with Gasteiger partial charge in [0.15, 0.2) is 0 Å². The standard InChI is InChI=1S/C8H15NO/c1-6-4-5-7(9-10)8(6,2)3/h6,10H,4-5H2,1-3H3. The summed E-state index contributed by atoms with van der Waals surface area (Å²) < 4.78 is 0. The first-order valence-corrected chi connectivity index (χ1v) is 3.80. The molecule has 1 aliphatic rings. The summed E-state index contributed by atoms with van der Waals surface area (Å²) >= 11 is 0. The first kappa shape index (κ1) is 7.58. The summed E-state index contributed by atoms with van der Waals surface area (Å²) in [6, 6.07) is 0. The fraction of sp³-hybridized carbons (Fsp3) is 0.875. The zero-order valence-corrected chi connectivity index (χ0v) is 6.89. The van der Waals surface area contributed by atoms with Gasteiger partial charge in [-0.3, -0.25) is 0 Å². The first-order chi connectivity index (χ1) is 4.59. The molecule has 10 heavy (non-hydrogen) atoms. The topological polar surface area (TPSA) is 32.6 Å². The van der Waals surface area contributed by atoms with E-state index in [0.717, 1.165) is 18.6 Å². The molecule has 0 aromatic heterocycles. The Kier molecular flexibility index (Phi) is 1.71. The lowest BCUT2D eigenvalue weighted by Crippen LogP contribution is -2.23. The molecule has 2 nitrogen and oxygen atoms in total. The van der Waals surface area contributed by atoms with Crippen LogP contribution in [0.3, 0.4) is 0 Å². The average Bonchev–Trinajstić information content (AvgIpc) is 2.10. The van der Waals surface area contributed by atoms with Gasteiger partial charge in [0.25, 0.3) is 0 Å². The fourth-order valence-corrected chi connectivity index (χ4v) is 1.50. The van der Waals surface area contributed by atoms with Gasteiger partial charge >= 0.3 is 0 Å². The van der Waals surface area contributed by atoms with E-state index >= 15 is 0 Å². The minimum absolute atomic E-state index is 0.120. The van der Waals surface area contributed by atoms with Crippen molar-refractivity contribution in [3.8, 4) is 0 Å². The second-order valence-electron chi connectivity index (χ2n) is 3.71. The Hall–Kier alpha value is -0.530. The molecule has 0 aliphatic heterocycles. The molecule has 0 spiro atoms. The van der Waals surface area contributed by atoms with Crippen LogP contribution in [0.1, 0.15) is 33.6 Å². The second kappa shape index (κ2) is 2.26. The summed E-state index contributed by atoms with van der Waals surface area (Å²) in [5.41, 5.74) is 1.08. The van der Waals surface area contributed by atoms with E-state index in [4.69, 9.17) is 5.21 Å². The minimum Gasteiger partial charge on any atom is -0.411 e. The number of hydrogen-bond acceptors (Lipinski definition) is 2. The Bertz CT molecular complexity index is 161. The molecule has 0 heterocycles. The van der Waals surface area contributed by atoms with Gasteiger partial charge in [0.1, 0.15) is 0 Å². The van der Waals surface area contributed by atoms with Gasteiger partial charge in [0.05, 0.1) is 5.71 Å². The van der Waals surface area contributed by atoms with E-state index in [1.54, 1.807) is 0 Å². The summed E-state index contributed by atoms with van der Waals surface area (Å²) in [5.74, 6) is 0.651. The summed E-state index contributed by atoms with van der Waals surface area (Å²) in [6.07, 6.45) is 2.12. The van der Waals surface area contributed by atoms with Gasteiger partial charge in [-0.25, -0.2) is 0 Å². The van der Waals surface area contributed by atoms with Crippen LogP contribution in [0.15, 0.2) is 5.16 Å². The third-order valence-electron chi connectivity index (χ3n) is 2.91. The van der Waals surface area contributed by atoms with Gasteiger partial charge in [-0.2, -0.15) is 0 Å². The molecule has 1 atom stereocenters. The Labute approximate surface area is 61.9 Å². The second-order valence-corrected chi connectivity index (χ2v) is 3.71. The van der Waals surface area contributed by atoms with E-state index < -0.39 is 0 Å². The van der Waals surface area contributed by atoms with E-state index in [1.165, 1.54) is 0 Å². The van der Waals surface area contributed by atoms with E-state index in [1.807, 2.05) is 0 Å². The molecule has 0 saturated heterocycles. The largest absolute Gasteiger partial charge is 0.411 e. The van der Waals surface area contributed by atoms with Gasteiger partial charge in [-0.05, 0) is 18.8 Å². The van der Waals surface area contributed by atoms with E-state index in [-0.39, 0.29) is 5.41 Å². The Morgan fingerprint density at radius 2 is 2.20 bits per heavy atom. The zero-order chi connectivity index (χ0) is 7.78. The molecule has 1 N–H and O–H groups in total.